The molecule has 0 bridgehead atoms. The van der Waals surface area contributed by atoms with Crippen molar-refractivity contribution in [3.8, 4) is 0 Å². The van der Waals surface area contributed by atoms with E-state index >= 15 is 0 Å². The molecule has 78 valence electrons. The summed E-state index contributed by atoms with van der Waals surface area (Å²) in [6.07, 6.45) is 0.560. The number of hydrogen-bond acceptors (Lipinski definition) is 7. The van der Waals surface area contributed by atoms with Crippen LogP contribution in [0.1, 0.15) is 6.42 Å². The van der Waals surface area contributed by atoms with Gasteiger partial charge < -0.3 is 15.5 Å². The molecule has 0 spiro atoms. The first-order chi connectivity index (χ1) is 6.55. The van der Waals surface area contributed by atoms with Crippen molar-refractivity contribution in [1.82, 2.24) is 10.2 Å². The van der Waals surface area contributed by atoms with Crippen LogP contribution in [0.3, 0.4) is 0 Å². The number of nitrogens with one attached hydrogen (secondary N) is 1. The van der Waals surface area contributed by atoms with Crippen LogP contribution >= 0.6 is 0 Å². The van der Waals surface area contributed by atoms with Crippen molar-refractivity contribution < 1.29 is 12.8 Å². The molecule has 3 N–H and O–H groups in total. The Bertz CT molecular complexity index is 426. The molecular weight excluding hydrogens is 208 g/mol. The molecule has 8 heteroatoms. The van der Waals surface area contributed by atoms with E-state index in [-0.39, 0.29) is 29.6 Å². The highest BCUT2D eigenvalue weighted by atomic mass is 32.2. The molecule has 0 aliphatic carbocycles. The molecular formula is C6H10N4O3S. The second-order valence-electron chi connectivity index (χ2n) is 3.19. The monoisotopic (exact) mass is 218 g/mol. The molecule has 2 rings (SSSR count). The highest BCUT2D eigenvalue weighted by molar-refractivity contribution is 7.91. The van der Waals surface area contributed by atoms with Gasteiger partial charge in [-0.05, 0) is 6.42 Å². The second-order valence-corrected chi connectivity index (χ2v) is 5.42. The van der Waals surface area contributed by atoms with Crippen LogP contribution < -0.4 is 11.1 Å². The fourth-order valence-electron chi connectivity index (χ4n) is 1.38. The fourth-order valence-corrected chi connectivity index (χ4v) is 3.05. The quantitative estimate of drug-likeness (QED) is 0.671. The number of nitrogens with two attached hydrogens (primary N) is 1. The molecule has 0 amide bonds. The van der Waals surface area contributed by atoms with Gasteiger partial charge >= 0.3 is 12.0 Å². The third-order valence-corrected chi connectivity index (χ3v) is 3.77. The smallest absolute Gasteiger partial charge is 0.317 e. The minimum Gasteiger partial charge on any atom is -0.390 e. The van der Waals surface area contributed by atoms with Crippen molar-refractivity contribution >= 4 is 21.9 Å². The van der Waals surface area contributed by atoms with E-state index in [1.165, 1.54) is 0 Å². The molecule has 1 aromatic heterocycles. The van der Waals surface area contributed by atoms with Crippen molar-refractivity contribution in [2.45, 2.75) is 12.5 Å². The van der Waals surface area contributed by atoms with Crippen LogP contribution in [0, 0.1) is 0 Å². The number of nitrogens with zero attached hydrogens (tertiary/aromatic N) is 2. The van der Waals surface area contributed by atoms with E-state index in [1.54, 1.807) is 0 Å². The van der Waals surface area contributed by atoms with Gasteiger partial charge in [-0.1, -0.05) is 10.2 Å². The van der Waals surface area contributed by atoms with Gasteiger partial charge in [-0.2, -0.15) is 0 Å². The first kappa shape index (κ1) is 9.25. The molecule has 1 aliphatic rings. The van der Waals surface area contributed by atoms with Gasteiger partial charge in [-0.25, -0.2) is 8.42 Å². The molecule has 1 aliphatic heterocycles. The zero-order valence-corrected chi connectivity index (χ0v) is 8.12. The topological polar surface area (TPSA) is 111 Å². The number of hydrogen-bond donors (Lipinski definition) is 2. The lowest BCUT2D eigenvalue weighted by Crippen LogP contribution is -2.20. The molecule has 7 nitrogen and oxygen atoms in total. The van der Waals surface area contributed by atoms with Crippen LogP contribution in [0.5, 0.6) is 0 Å². The van der Waals surface area contributed by atoms with Gasteiger partial charge in [0, 0.05) is 6.04 Å². The third kappa shape index (κ3) is 1.95. The molecule has 1 unspecified atom stereocenters. The first-order valence-corrected chi connectivity index (χ1v) is 5.93. The summed E-state index contributed by atoms with van der Waals surface area (Å²) in [6.45, 7) is 0. The summed E-state index contributed by atoms with van der Waals surface area (Å²) in [5, 5.41) is 9.84. The van der Waals surface area contributed by atoms with Crippen LogP contribution in [-0.4, -0.2) is 36.2 Å². The van der Waals surface area contributed by atoms with Crippen molar-refractivity contribution in [2.24, 2.45) is 0 Å². The van der Waals surface area contributed by atoms with Gasteiger partial charge in [0.05, 0.1) is 11.5 Å². The molecule has 0 aromatic carbocycles. The molecule has 1 saturated heterocycles. The Kier molecular flexibility index (Phi) is 2.06. The minimum absolute atomic E-state index is 0.0339. The molecule has 0 saturated carbocycles. The second kappa shape index (κ2) is 3.12. The van der Waals surface area contributed by atoms with E-state index in [4.69, 9.17) is 10.2 Å². The van der Waals surface area contributed by atoms with Gasteiger partial charge in [-0.3, -0.25) is 0 Å². The predicted octanol–water partition coefficient (Wildman–Crippen LogP) is -0.749. The number of sulfone groups is 1. The van der Waals surface area contributed by atoms with E-state index < -0.39 is 9.84 Å². The highest BCUT2D eigenvalue weighted by Gasteiger charge is 2.28. The lowest BCUT2D eigenvalue weighted by atomic mass is 10.3. The van der Waals surface area contributed by atoms with Crippen LogP contribution in [0.4, 0.5) is 12.0 Å². The average Bonchev–Trinajstić information content (AvgIpc) is 2.59. The number of nitrogen functional groups attached to an aromatic ring is 1. The first-order valence-electron chi connectivity index (χ1n) is 4.11. The largest absolute Gasteiger partial charge is 0.390 e. The number of anilines is 2. The summed E-state index contributed by atoms with van der Waals surface area (Å²) in [7, 11) is -2.89. The lowest BCUT2D eigenvalue weighted by molar-refractivity contribution is 0.576. The lowest BCUT2D eigenvalue weighted by Gasteiger charge is -2.06. The molecule has 2 heterocycles. The summed E-state index contributed by atoms with van der Waals surface area (Å²) in [4.78, 5) is 0. The van der Waals surface area contributed by atoms with Crippen LogP contribution in [-0.2, 0) is 9.84 Å². The maximum Gasteiger partial charge on any atom is 0.317 e. The zero-order chi connectivity index (χ0) is 10.2. The Morgan fingerprint density at radius 1 is 1.50 bits per heavy atom. The van der Waals surface area contributed by atoms with E-state index in [0.29, 0.717) is 6.42 Å². The molecule has 0 radical (unpaired) electrons. The van der Waals surface area contributed by atoms with Gasteiger partial charge in [-0.15, -0.1) is 0 Å². The van der Waals surface area contributed by atoms with Crippen LogP contribution in [0.25, 0.3) is 0 Å². The van der Waals surface area contributed by atoms with Gasteiger partial charge in [0.15, 0.2) is 9.84 Å². The minimum atomic E-state index is -2.89. The Balaban J connectivity index is 2.00. The summed E-state index contributed by atoms with van der Waals surface area (Å²) >= 11 is 0. The van der Waals surface area contributed by atoms with Gasteiger partial charge in [0.1, 0.15) is 0 Å². The van der Waals surface area contributed by atoms with E-state index in [9.17, 15) is 8.42 Å². The Hall–Kier alpha value is -1.31. The van der Waals surface area contributed by atoms with Crippen molar-refractivity contribution in [3.63, 3.8) is 0 Å². The van der Waals surface area contributed by atoms with Crippen LogP contribution in [0.2, 0.25) is 0 Å². The Morgan fingerprint density at radius 2 is 2.29 bits per heavy atom. The Labute approximate surface area is 80.6 Å². The van der Waals surface area contributed by atoms with Crippen LogP contribution in [0.15, 0.2) is 4.42 Å². The average molecular weight is 218 g/mol. The van der Waals surface area contributed by atoms with E-state index in [2.05, 4.69) is 15.5 Å². The molecule has 14 heavy (non-hydrogen) atoms. The summed E-state index contributed by atoms with van der Waals surface area (Å²) in [5.41, 5.74) is 5.21. The highest BCUT2D eigenvalue weighted by Crippen LogP contribution is 2.16. The summed E-state index contributed by atoms with van der Waals surface area (Å²) in [6, 6.07) is -0.0159. The normalized spacial score (nSPS) is 25.0. The van der Waals surface area contributed by atoms with Crippen molar-refractivity contribution in [2.75, 3.05) is 22.6 Å². The third-order valence-electron chi connectivity index (χ3n) is 2.00. The standard InChI is InChI=1S/C6H10N4O3S/c7-5-9-10-6(13-5)8-4-1-2-14(11,12)3-4/h4H,1-3H2,(H2,7,9)(H,8,10). The van der Waals surface area contributed by atoms with Gasteiger partial charge in [0.25, 0.3) is 0 Å². The van der Waals surface area contributed by atoms with Crippen molar-refractivity contribution in [1.29, 1.82) is 0 Å². The summed E-state index contributed by atoms with van der Waals surface area (Å²) < 4.78 is 27.1. The maximum atomic E-state index is 11.1. The molecule has 1 fully saturated rings. The fraction of sp³-hybridized carbons (Fsp3) is 0.667. The number of aromatic nitrogens is 2. The predicted molar refractivity (Wildman–Crippen MR) is 49.4 cm³/mol. The SMILES string of the molecule is Nc1nnc(NC2CCS(=O)(=O)C2)o1. The maximum absolute atomic E-state index is 11.1. The zero-order valence-electron chi connectivity index (χ0n) is 7.30. The molecule has 1 atom stereocenters. The summed E-state index contributed by atoms with van der Waals surface area (Å²) in [5.74, 6) is 0.309. The van der Waals surface area contributed by atoms with E-state index in [1.807, 2.05) is 0 Å². The van der Waals surface area contributed by atoms with Crippen molar-refractivity contribution in [3.05, 3.63) is 0 Å². The molecule has 1 aromatic rings. The van der Waals surface area contributed by atoms with E-state index in [0.717, 1.165) is 0 Å². The van der Waals surface area contributed by atoms with Gasteiger partial charge in [0.2, 0.25) is 0 Å². The number of rotatable bonds is 2. The Morgan fingerprint density at radius 3 is 2.79 bits per heavy atom.